The molecule has 0 aliphatic carbocycles. The van der Waals surface area contributed by atoms with Crippen LogP contribution in [0.15, 0.2) is 182 Å². The van der Waals surface area contributed by atoms with Crippen LogP contribution in [0.25, 0.3) is 115 Å². The second-order valence-corrected chi connectivity index (χ2v) is 19.5. The number of thiophene rings is 1. The van der Waals surface area contributed by atoms with Crippen LogP contribution in [-0.4, -0.2) is 19.5 Å². The second kappa shape index (κ2) is 16.4. The molecule has 0 bridgehead atoms. The number of nitrogens with zero attached hydrogens (tertiary/aromatic N) is 4. The van der Waals surface area contributed by atoms with E-state index in [0.717, 1.165) is 39.0 Å². The number of hydrogen-bond donors (Lipinski definition) is 0. The van der Waals surface area contributed by atoms with Crippen LogP contribution in [0, 0.1) is 41.5 Å². The van der Waals surface area contributed by atoms with E-state index >= 15 is 0 Å². The summed E-state index contributed by atoms with van der Waals surface area (Å²) in [5.41, 5.74) is 20.9. The molecule has 4 nitrogen and oxygen atoms in total. The Labute approximate surface area is 400 Å². The molecule has 0 atom stereocenters. The summed E-state index contributed by atoms with van der Waals surface area (Å²) in [6.45, 7) is 13.3. The van der Waals surface area contributed by atoms with Gasteiger partial charge in [0.2, 0.25) is 0 Å². The predicted octanol–water partition coefficient (Wildman–Crippen LogP) is 17.2. The van der Waals surface area contributed by atoms with Gasteiger partial charge in [0.1, 0.15) is 0 Å². The van der Waals surface area contributed by atoms with Crippen molar-refractivity contribution in [3.05, 3.63) is 215 Å². The zero-order valence-corrected chi connectivity index (χ0v) is 39.8. The highest BCUT2D eigenvalue weighted by Gasteiger charge is 2.23. The van der Waals surface area contributed by atoms with Crippen molar-refractivity contribution in [2.24, 2.45) is 0 Å². The Kier molecular flexibility index (Phi) is 10.00. The summed E-state index contributed by atoms with van der Waals surface area (Å²) in [6.07, 6.45) is 0. The predicted molar refractivity (Wildman–Crippen MR) is 288 cm³/mol. The molecule has 0 unspecified atom stereocenters. The van der Waals surface area contributed by atoms with E-state index in [0.29, 0.717) is 17.5 Å². The molecule has 12 rings (SSSR count). The summed E-state index contributed by atoms with van der Waals surface area (Å²) in [7, 11) is 0. The molecule has 0 amide bonds. The van der Waals surface area contributed by atoms with Gasteiger partial charge >= 0.3 is 0 Å². The lowest BCUT2D eigenvalue weighted by atomic mass is 9.91. The molecule has 0 saturated carbocycles. The average molecular weight is 893 g/mol. The van der Waals surface area contributed by atoms with Crippen LogP contribution in [0.5, 0.6) is 0 Å². The Hall–Kier alpha value is -7.99. The van der Waals surface area contributed by atoms with Gasteiger partial charge in [0, 0.05) is 47.6 Å². The van der Waals surface area contributed by atoms with Crippen molar-refractivity contribution in [1.82, 2.24) is 19.5 Å². The quantitative estimate of drug-likeness (QED) is 0.160. The Bertz CT molecular complexity index is 3750. The Morgan fingerprint density at radius 2 is 0.838 bits per heavy atom. The molecule has 12 aromatic rings. The van der Waals surface area contributed by atoms with E-state index in [2.05, 4.69) is 192 Å². The highest BCUT2D eigenvalue weighted by molar-refractivity contribution is 7.25. The van der Waals surface area contributed by atoms with Crippen molar-refractivity contribution in [3.63, 3.8) is 0 Å². The molecule has 5 heteroatoms. The third kappa shape index (κ3) is 7.01. The van der Waals surface area contributed by atoms with Crippen LogP contribution in [0.4, 0.5) is 0 Å². The fraction of sp³-hybridized carbons (Fsp3) is 0.0952. The first-order valence-electron chi connectivity index (χ1n) is 23.3. The fourth-order valence-corrected chi connectivity index (χ4v) is 12.0. The normalized spacial score (nSPS) is 11.7. The SMILES string of the molecule is Cc1cc(C)c(-c2ccc3c(c2)c2cc(-c4c(C)cc(C)cc4C)ccc2n3-c2ccc(-c3cccc4sc5ccccc5c34)cc2-c2nc(-c3ccccc3)nc(-c3ccccc3)n2)c(C)c1. The summed E-state index contributed by atoms with van der Waals surface area (Å²) < 4.78 is 4.98. The van der Waals surface area contributed by atoms with Gasteiger partial charge in [-0.2, -0.15) is 0 Å². The van der Waals surface area contributed by atoms with Crippen molar-refractivity contribution in [1.29, 1.82) is 0 Å². The number of benzene rings is 9. The minimum absolute atomic E-state index is 0.608. The van der Waals surface area contributed by atoms with Crippen molar-refractivity contribution in [2.75, 3.05) is 0 Å². The molecule has 68 heavy (non-hydrogen) atoms. The highest BCUT2D eigenvalue weighted by Crippen LogP contribution is 2.45. The molecule has 0 aliphatic rings. The number of rotatable bonds is 7. The average Bonchev–Trinajstić information content (AvgIpc) is 3.89. The molecular formula is C63H48N4S. The van der Waals surface area contributed by atoms with E-state index in [4.69, 9.17) is 15.0 Å². The van der Waals surface area contributed by atoms with Crippen LogP contribution in [0.3, 0.4) is 0 Å². The monoisotopic (exact) mass is 892 g/mol. The van der Waals surface area contributed by atoms with Gasteiger partial charge in [-0.15, -0.1) is 11.3 Å². The summed E-state index contributed by atoms with van der Waals surface area (Å²) in [6, 6.07) is 66.1. The molecule has 9 aromatic carbocycles. The van der Waals surface area contributed by atoms with E-state index in [-0.39, 0.29) is 0 Å². The molecule has 0 spiro atoms. The van der Waals surface area contributed by atoms with E-state index < -0.39 is 0 Å². The lowest BCUT2D eigenvalue weighted by Gasteiger charge is -2.17. The van der Waals surface area contributed by atoms with Crippen LogP contribution in [-0.2, 0) is 0 Å². The van der Waals surface area contributed by atoms with Crippen LogP contribution >= 0.6 is 11.3 Å². The van der Waals surface area contributed by atoms with Gasteiger partial charge in [-0.05, 0) is 146 Å². The minimum Gasteiger partial charge on any atom is -0.308 e. The molecule has 326 valence electrons. The molecule has 3 aromatic heterocycles. The zero-order valence-electron chi connectivity index (χ0n) is 39.0. The fourth-order valence-electron chi connectivity index (χ4n) is 10.9. The maximum absolute atomic E-state index is 5.39. The van der Waals surface area contributed by atoms with E-state index in [1.807, 2.05) is 47.7 Å². The Morgan fingerprint density at radius 3 is 1.40 bits per heavy atom. The lowest BCUT2D eigenvalue weighted by molar-refractivity contribution is 1.06. The standard InChI is InChI=1S/C63H48N4S/c1-37-30-39(3)58(40(4)31-37)46-25-28-53-50(35-46)51-36-47(59-41(5)32-38(2)33-42(59)6)26-29-54(51)67(53)55-27-24-45(48-21-15-23-57-60(48)49-20-13-14-22-56(49)68-57)34-52(55)63-65-61(43-16-9-7-10-17-43)64-62(66-63)44-18-11-8-12-19-44/h7-36H,1-6H3. The van der Waals surface area contributed by atoms with E-state index in [9.17, 15) is 0 Å². The van der Waals surface area contributed by atoms with Gasteiger partial charge in [0.25, 0.3) is 0 Å². The number of aryl methyl sites for hydroxylation is 6. The van der Waals surface area contributed by atoms with Gasteiger partial charge in [0.15, 0.2) is 17.5 Å². The van der Waals surface area contributed by atoms with Crippen molar-refractivity contribution < 1.29 is 0 Å². The summed E-state index contributed by atoms with van der Waals surface area (Å²) in [5, 5.41) is 4.91. The molecule has 0 radical (unpaired) electrons. The van der Waals surface area contributed by atoms with Gasteiger partial charge in [0.05, 0.1) is 16.7 Å². The first-order chi connectivity index (χ1) is 33.2. The van der Waals surface area contributed by atoms with Gasteiger partial charge in [-0.1, -0.05) is 145 Å². The summed E-state index contributed by atoms with van der Waals surface area (Å²) in [4.78, 5) is 15.9. The highest BCUT2D eigenvalue weighted by atomic mass is 32.1. The molecule has 0 saturated heterocycles. The topological polar surface area (TPSA) is 43.6 Å². The lowest BCUT2D eigenvalue weighted by Crippen LogP contribution is -2.04. The largest absolute Gasteiger partial charge is 0.308 e. The molecular weight excluding hydrogens is 845 g/mol. The number of fused-ring (bicyclic) bond motifs is 6. The molecule has 0 aliphatic heterocycles. The summed E-state index contributed by atoms with van der Waals surface area (Å²) in [5.74, 6) is 1.86. The molecule has 0 N–H and O–H groups in total. The van der Waals surface area contributed by atoms with Crippen LogP contribution in [0.2, 0.25) is 0 Å². The van der Waals surface area contributed by atoms with Crippen molar-refractivity contribution >= 4 is 53.3 Å². The minimum atomic E-state index is 0.608. The third-order valence-corrected chi connectivity index (χ3v) is 14.7. The van der Waals surface area contributed by atoms with Crippen LogP contribution < -0.4 is 0 Å². The Balaban J connectivity index is 1.18. The second-order valence-electron chi connectivity index (χ2n) is 18.4. The van der Waals surface area contributed by atoms with Crippen molar-refractivity contribution in [3.8, 4) is 73.2 Å². The molecule has 0 fully saturated rings. The summed E-state index contributed by atoms with van der Waals surface area (Å²) >= 11 is 1.84. The first-order valence-corrected chi connectivity index (χ1v) is 24.2. The maximum Gasteiger partial charge on any atom is 0.166 e. The van der Waals surface area contributed by atoms with Gasteiger partial charge in [-0.3, -0.25) is 0 Å². The van der Waals surface area contributed by atoms with Crippen LogP contribution in [0.1, 0.15) is 33.4 Å². The Morgan fingerprint density at radius 1 is 0.353 bits per heavy atom. The van der Waals surface area contributed by atoms with Gasteiger partial charge < -0.3 is 4.57 Å². The van der Waals surface area contributed by atoms with E-state index in [1.54, 1.807) is 0 Å². The maximum atomic E-state index is 5.39. The number of hydrogen-bond acceptors (Lipinski definition) is 4. The van der Waals surface area contributed by atoms with Crippen molar-refractivity contribution in [2.45, 2.75) is 41.5 Å². The zero-order chi connectivity index (χ0) is 46.2. The van der Waals surface area contributed by atoms with E-state index in [1.165, 1.54) is 92.1 Å². The first kappa shape index (κ1) is 41.4. The molecule has 3 heterocycles. The number of aromatic nitrogens is 4. The van der Waals surface area contributed by atoms with Gasteiger partial charge in [-0.25, -0.2) is 15.0 Å². The third-order valence-electron chi connectivity index (χ3n) is 13.6. The smallest absolute Gasteiger partial charge is 0.166 e.